The number of fused-ring (bicyclic) bond motifs is 2. The largest absolute Gasteiger partial charge is 0.355 e. The molecule has 0 amide bonds. The highest BCUT2D eigenvalue weighted by Crippen LogP contribution is 2.22. The first-order chi connectivity index (χ1) is 8.74. The number of aromatic amines is 1. The van der Waals surface area contributed by atoms with E-state index in [1.165, 1.54) is 12.8 Å². The van der Waals surface area contributed by atoms with Gasteiger partial charge in [-0.3, -0.25) is 4.79 Å². The van der Waals surface area contributed by atoms with E-state index in [0.717, 1.165) is 37.6 Å². The molecule has 0 aromatic carbocycles. The summed E-state index contributed by atoms with van der Waals surface area (Å²) in [6, 6.07) is 2.84. The van der Waals surface area contributed by atoms with Gasteiger partial charge < -0.3 is 15.2 Å². The van der Waals surface area contributed by atoms with Gasteiger partial charge in [0, 0.05) is 37.7 Å². The molecule has 5 heteroatoms. The monoisotopic (exact) mass is 248 g/mol. The van der Waals surface area contributed by atoms with Gasteiger partial charge in [-0.15, -0.1) is 0 Å². The number of hydrogen-bond donors (Lipinski definition) is 2. The summed E-state index contributed by atoms with van der Waals surface area (Å²) in [7, 11) is 0. The Kier molecular flexibility index (Phi) is 3.07. The van der Waals surface area contributed by atoms with E-state index in [0.29, 0.717) is 12.1 Å². The number of aromatic nitrogens is 2. The summed E-state index contributed by atoms with van der Waals surface area (Å²) in [6.45, 7) is 3.97. The second-order valence-electron chi connectivity index (χ2n) is 5.28. The van der Waals surface area contributed by atoms with Crippen LogP contribution < -0.4 is 15.8 Å². The smallest absolute Gasteiger partial charge is 0.252 e. The Hall–Kier alpha value is -1.36. The van der Waals surface area contributed by atoms with Crippen LogP contribution in [0.4, 0.5) is 5.82 Å². The zero-order valence-corrected chi connectivity index (χ0v) is 10.8. The van der Waals surface area contributed by atoms with Crippen LogP contribution in [-0.2, 0) is 6.42 Å². The van der Waals surface area contributed by atoms with Crippen LogP contribution in [0.1, 0.15) is 32.0 Å². The third-order valence-corrected chi connectivity index (χ3v) is 3.96. The molecule has 5 nitrogen and oxygen atoms in total. The molecule has 2 bridgehead atoms. The first-order valence-electron chi connectivity index (χ1n) is 6.86. The first-order valence-corrected chi connectivity index (χ1v) is 6.86. The minimum atomic E-state index is -0.0424. The van der Waals surface area contributed by atoms with Gasteiger partial charge in [0.15, 0.2) is 0 Å². The predicted octanol–water partition coefficient (Wildman–Crippen LogP) is 0.663. The van der Waals surface area contributed by atoms with Gasteiger partial charge >= 0.3 is 0 Å². The van der Waals surface area contributed by atoms with Crippen molar-refractivity contribution in [1.82, 2.24) is 15.3 Å². The number of hydrogen-bond acceptors (Lipinski definition) is 4. The summed E-state index contributed by atoms with van der Waals surface area (Å²) in [5.41, 5.74) is -0.0424. The van der Waals surface area contributed by atoms with Crippen molar-refractivity contribution < 1.29 is 0 Å². The van der Waals surface area contributed by atoms with Gasteiger partial charge in [0.2, 0.25) is 0 Å². The van der Waals surface area contributed by atoms with Gasteiger partial charge in [-0.05, 0) is 19.3 Å². The molecule has 3 rings (SSSR count). The van der Waals surface area contributed by atoms with Crippen molar-refractivity contribution in [3.63, 3.8) is 0 Å². The number of H-pyrrole nitrogens is 1. The van der Waals surface area contributed by atoms with E-state index in [2.05, 4.69) is 20.2 Å². The quantitative estimate of drug-likeness (QED) is 0.807. The Morgan fingerprint density at radius 2 is 2.22 bits per heavy atom. The third-order valence-electron chi connectivity index (χ3n) is 3.96. The molecule has 3 heterocycles. The maximum Gasteiger partial charge on any atom is 0.252 e. The van der Waals surface area contributed by atoms with Crippen LogP contribution in [0.3, 0.4) is 0 Å². The molecular formula is C13H20N4O. The van der Waals surface area contributed by atoms with Gasteiger partial charge in [-0.1, -0.05) is 6.92 Å². The lowest BCUT2D eigenvalue weighted by atomic mass is 10.1. The molecule has 98 valence electrons. The molecule has 2 N–H and O–H groups in total. The van der Waals surface area contributed by atoms with Crippen molar-refractivity contribution in [1.29, 1.82) is 0 Å². The van der Waals surface area contributed by atoms with Crippen molar-refractivity contribution in [2.45, 2.75) is 44.7 Å². The molecule has 2 aliphatic heterocycles. The lowest BCUT2D eigenvalue weighted by Gasteiger charge is -2.25. The molecule has 2 saturated heterocycles. The van der Waals surface area contributed by atoms with Crippen LogP contribution >= 0.6 is 0 Å². The molecule has 18 heavy (non-hydrogen) atoms. The normalized spacial score (nSPS) is 27.3. The number of rotatable bonds is 2. The summed E-state index contributed by atoms with van der Waals surface area (Å²) >= 11 is 0. The summed E-state index contributed by atoms with van der Waals surface area (Å²) in [5.74, 6) is 1.62. The fourth-order valence-corrected chi connectivity index (χ4v) is 2.97. The molecule has 0 aliphatic carbocycles. The molecule has 2 atom stereocenters. The van der Waals surface area contributed by atoms with E-state index in [1.54, 1.807) is 6.07 Å². The summed E-state index contributed by atoms with van der Waals surface area (Å²) in [5, 5.41) is 3.64. The minimum Gasteiger partial charge on any atom is -0.355 e. The standard InChI is InChI=1S/C13H20N4O/c1-2-11-15-12(7-13(18)16-11)17-6-5-9-3-4-10(8-17)14-9/h7,9-10,14H,2-6,8H2,1H3,(H,15,16,18). The van der Waals surface area contributed by atoms with E-state index < -0.39 is 0 Å². The zero-order valence-electron chi connectivity index (χ0n) is 10.8. The fraction of sp³-hybridized carbons (Fsp3) is 0.692. The van der Waals surface area contributed by atoms with Gasteiger partial charge in [0.25, 0.3) is 5.56 Å². The van der Waals surface area contributed by atoms with Crippen molar-refractivity contribution in [3.8, 4) is 0 Å². The fourth-order valence-electron chi connectivity index (χ4n) is 2.97. The zero-order chi connectivity index (χ0) is 12.5. The summed E-state index contributed by atoms with van der Waals surface area (Å²) < 4.78 is 0. The van der Waals surface area contributed by atoms with Gasteiger partial charge in [0.05, 0.1) is 0 Å². The van der Waals surface area contributed by atoms with Crippen molar-refractivity contribution in [3.05, 3.63) is 22.2 Å². The molecule has 0 spiro atoms. The van der Waals surface area contributed by atoms with Crippen molar-refractivity contribution in [2.24, 2.45) is 0 Å². The van der Waals surface area contributed by atoms with Crippen LogP contribution in [0.15, 0.2) is 10.9 Å². The SMILES string of the molecule is CCc1nc(N2CCC3CCC(C2)N3)cc(=O)[nH]1. The van der Waals surface area contributed by atoms with Crippen LogP contribution in [0.2, 0.25) is 0 Å². The lowest BCUT2D eigenvalue weighted by molar-refractivity contribution is 0.563. The van der Waals surface area contributed by atoms with E-state index in [1.807, 2.05) is 6.92 Å². The van der Waals surface area contributed by atoms with Crippen LogP contribution in [0.5, 0.6) is 0 Å². The number of nitrogens with zero attached hydrogens (tertiary/aromatic N) is 2. The van der Waals surface area contributed by atoms with Crippen LogP contribution in [0.25, 0.3) is 0 Å². The average molecular weight is 248 g/mol. The van der Waals surface area contributed by atoms with Gasteiger partial charge in [-0.25, -0.2) is 4.98 Å². The highest BCUT2D eigenvalue weighted by molar-refractivity contribution is 5.38. The summed E-state index contributed by atoms with van der Waals surface area (Å²) in [6.07, 6.45) is 4.44. The highest BCUT2D eigenvalue weighted by Gasteiger charge is 2.29. The number of nitrogens with one attached hydrogen (secondary N) is 2. The van der Waals surface area contributed by atoms with Crippen molar-refractivity contribution in [2.75, 3.05) is 18.0 Å². The van der Waals surface area contributed by atoms with Crippen LogP contribution in [0, 0.1) is 0 Å². The topological polar surface area (TPSA) is 61.0 Å². The molecular weight excluding hydrogens is 228 g/mol. The third kappa shape index (κ3) is 2.27. The molecule has 1 aromatic heterocycles. The van der Waals surface area contributed by atoms with E-state index in [-0.39, 0.29) is 5.56 Å². The number of aryl methyl sites for hydroxylation is 1. The maximum absolute atomic E-state index is 11.6. The highest BCUT2D eigenvalue weighted by atomic mass is 16.1. The van der Waals surface area contributed by atoms with E-state index >= 15 is 0 Å². The molecule has 2 fully saturated rings. The molecule has 2 unspecified atom stereocenters. The predicted molar refractivity (Wildman–Crippen MR) is 71.0 cm³/mol. The Morgan fingerprint density at radius 1 is 1.39 bits per heavy atom. The molecule has 1 aromatic rings. The Labute approximate surface area is 107 Å². The molecule has 0 saturated carbocycles. The Balaban J connectivity index is 1.85. The molecule has 0 radical (unpaired) electrons. The number of anilines is 1. The van der Waals surface area contributed by atoms with E-state index in [4.69, 9.17) is 0 Å². The van der Waals surface area contributed by atoms with Gasteiger partial charge in [-0.2, -0.15) is 0 Å². The van der Waals surface area contributed by atoms with Gasteiger partial charge in [0.1, 0.15) is 11.6 Å². The minimum absolute atomic E-state index is 0.0424. The maximum atomic E-state index is 11.6. The van der Waals surface area contributed by atoms with Crippen molar-refractivity contribution >= 4 is 5.82 Å². The molecule has 2 aliphatic rings. The Bertz CT molecular complexity index is 484. The average Bonchev–Trinajstić information content (AvgIpc) is 2.68. The second-order valence-corrected chi connectivity index (χ2v) is 5.28. The Morgan fingerprint density at radius 3 is 3.06 bits per heavy atom. The second kappa shape index (κ2) is 4.72. The first kappa shape index (κ1) is 11.7. The summed E-state index contributed by atoms with van der Waals surface area (Å²) in [4.78, 5) is 21.2. The van der Waals surface area contributed by atoms with E-state index in [9.17, 15) is 4.79 Å². The lowest BCUT2D eigenvalue weighted by Crippen LogP contribution is -2.36. The van der Waals surface area contributed by atoms with Crippen LogP contribution in [-0.4, -0.2) is 35.1 Å².